The number of benzene rings is 2. The van der Waals surface area contributed by atoms with Crippen molar-refractivity contribution in [2.45, 2.75) is 19.6 Å². The molecule has 2 rings (SSSR count). The van der Waals surface area contributed by atoms with E-state index in [1.165, 1.54) is 0 Å². The summed E-state index contributed by atoms with van der Waals surface area (Å²) < 4.78 is 0. The summed E-state index contributed by atoms with van der Waals surface area (Å²) in [6, 6.07) is 17.6. The number of nitrogens with zero attached hydrogens (tertiary/aromatic N) is 1. The lowest BCUT2D eigenvalue weighted by atomic mass is 10.1. The van der Waals surface area contributed by atoms with E-state index in [1.54, 1.807) is 0 Å². The maximum atomic E-state index is 5.96. The van der Waals surface area contributed by atoms with Gasteiger partial charge in [0.1, 0.15) is 13.8 Å². The van der Waals surface area contributed by atoms with Crippen LogP contribution in [0.1, 0.15) is 5.56 Å². The van der Waals surface area contributed by atoms with Gasteiger partial charge in [-0.1, -0.05) is 67.5 Å². The Morgan fingerprint density at radius 3 is 2.14 bits per heavy atom. The monoisotopic (exact) mass is 311 g/mol. The number of halogens is 1. The summed E-state index contributed by atoms with van der Waals surface area (Å²) in [6.07, 6.45) is 0. The molecular weight excluding hydrogens is 294 g/mol. The van der Waals surface area contributed by atoms with Gasteiger partial charge >= 0.3 is 0 Å². The van der Waals surface area contributed by atoms with E-state index >= 15 is 0 Å². The number of hydrogen-bond acceptors (Lipinski definition) is 1. The van der Waals surface area contributed by atoms with Gasteiger partial charge in [0.2, 0.25) is 0 Å². The maximum absolute atomic E-state index is 5.96. The third-order valence-electron chi connectivity index (χ3n) is 2.67. The van der Waals surface area contributed by atoms with Crippen molar-refractivity contribution < 1.29 is 0 Å². The second-order valence-electron chi connectivity index (χ2n) is 5.80. The summed E-state index contributed by atoms with van der Waals surface area (Å²) >= 11 is 5.96. The average molecular weight is 312 g/mol. The first-order valence-corrected chi connectivity index (χ1v) is 10.7. The number of aliphatic imine (C=N–C) groups is 1. The Morgan fingerprint density at radius 1 is 0.952 bits per heavy atom. The second kappa shape index (κ2) is 6.75. The summed E-state index contributed by atoms with van der Waals surface area (Å²) in [7, 11) is -1.45. The van der Waals surface area contributed by atoms with E-state index in [0.29, 0.717) is 0 Å². The Balaban J connectivity index is 2.46. The van der Waals surface area contributed by atoms with Gasteiger partial charge < -0.3 is 0 Å². The molecule has 0 N–H and O–H groups in total. The standard InChI is InChI=1S/C18H18ClNSi/c1-21(2,3)14-13-18(15-9-11-16(19)12-10-15)20-17-7-5-4-6-8-17/h4-12H,1-3H3. The molecule has 0 saturated heterocycles. The SMILES string of the molecule is C[Si](C)(C)C#CC(=Nc1ccccc1)c1ccc(Cl)cc1. The lowest BCUT2D eigenvalue weighted by molar-refractivity contribution is 1.51. The zero-order valence-corrected chi connectivity index (χ0v) is 14.3. The number of para-hydroxylation sites is 1. The molecule has 0 aromatic heterocycles. The van der Waals surface area contributed by atoms with Crippen molar-refractivity contribution in [2.24, 2.45) is 4.99 Å². The Labute approximate surface area is 132 Å². The Kier molecular flexibility index (Phi) is 5.01. The molecule has 0 aliphatic rings. The van der Waals surface area contributed by atoms with Crippen LogP contribution in [0.15, 0.2) is 59.6 Å². The third-order valence-corrected chi connectivity index (χ3v) is 3.80. The molecule has 0 heterocycles. The fourth-order valence-electron chi connectivity index (χ4n) is 1.65. The molecule has 106 valence electrons. The topological polar surface area (TPSA) is 12.4 Å². The van der Waals surface area contributed by atoms with Crippen LogP contribution in [-0.2, 0) is 0 Å². The minimum absolute atomic E-state index is 0.718. The fraction of sp³-hybridized carbons (Fsp3) is 0.167. The molecule has 0 radical (unpaired) electrons. The molecule has 3 heteroatoms. The second-order valence-corrected chi connectivity index (χ2v) is 11.0. The molecule has 0 saturated carbocycles. The van der Waals surface area contributed by atoms with E-state index in [9.17, 15) is 0 Å². The van der Waals surface area contributed by atoms with Gasteiger partial charge in [0, 0.05) is 10.6 Å². The average Bonchev–Trinajstić information content (AvgIpc) is 2.45. The summed E-state index contributed by atoms with van der Waals surface area (Å²) in [5, 5.41) is 0.718. The molecule has 0 spiro atoms. The van der Waals surface area contributed by atoms with Crippen molar-refractivity contribution in [3.63, 3.8) is 0 Å². The smallest absolute Gasteiger partial charge is 0.129 e. The lowest BCUT2D eigenvalue weighted by Crippen LogP contribution is -2.17. The molecule has 21 heavy (non-hydrogen) atoms. The van der Waals surface area contributed by atoms with Crippen molar-refractivity contribution in [1.29, 1.82) is 0 Å². The highest BCUT2D eigenvalue weighted by molar-refractivity contribution is 6.84. The van der Waals surface area contributed by atoms with Crippen LogP contribution in [-0.4, -0.2) is 13.8 Å². The van der Waals surface area contributed by atoms with Crippen LogP contribution in [0, 0.1) is 11.5 Å². The first kappa shape index (κ1) is 15.6. The molecule has 1 nitrogen and oxygen atoms in total. The Bertz CT molecular complexity index is 686. The highest BCUT2D eigenvalue weighted by Crippen LogP contribution is 2.15. The van der Waals surface area contributed by atoms with Gasteiger partial charge in [-0.3, -0.25) is 0 Å². The number of rotatable bonds is 2. The largest absolute Gasteiger partial charge is 0.239 e. The normalized spacial score (nSPS) is 11.7. The van der Waals surface area contributed by atoms with Crippen LogP contribution < -0.4 is 0 Å². The van der Waals surface area contributed by atoms with E-state index in [2.05, 4.69) is 36.1 Å². The number of hydrogen-bond donors (Lipinski definition) is 0. The van der Waals surface area contributed by atoms with Crippen molar-refractivity contribution >= 4 is 31.1 Å². The Hall–Kier alpha value is -1.82. The van der Waals surface area contributed by atoms with Crippen molar-refractivity contribution in [2.75, 3.05) is 0 Å². The zero-order valence-electron chi connectivity index (χ0n) is 12.5. The van der Waals surface area contributed by atoms with Gasteiger partial charge in [-0.2, -0.15) is 0 Å². The van der Waals surface area contributed by atoms with Crippen LogP contribution in [0.2, 0.25) is 24.7 Å². The van der Waals surface area contributed by atoms with Crippen LogP contribution in [0.5, 0.6) is 0 Å². The molecule has 0 aliphatic heterocycles. The van der Waals surface area contributed by atoms with Crippen LogP contribution >= 0.6 is 11.6 Å². The van der Waals surface area contributed by atoms with E-state index in [4.69, 9.17) is 11.6 Å². The van der Waals surface area contributed by atoms with Gasteiger partial charge in [0.05, 0.1) is 5.69 Å². The van der Waals surface area contributed by atoms with E-state index < -0.39 is 8.07 Å². The van der Waals surface area contributed by atoms with E-state index in [1.807, 2.05) is 54.6 Å². The Morgan fingerprint density at radius 2 is 1.57 bits per heavy atom. The van der Waals surface area contributed by atoms with Crippen molar-refractivity contribution in [1.82, 2.24) is 0 Å². The van der Waals surface area contributed by atoms with E-state index in [-0.39, 0.29) is 0 Å². The van der Waals surface area contributed by atoms with Crippen LogP contribution in [0.25, 0.3) is 0 Å². The molecule has 0 atom stereocenters. The summed E-state index contributed by atoms with van der Waals surface area (Å²) in [5.41, 5.74) is 6.08. The molecular formula is C18H18ClNSi. The predicted molar refractivity (Wildman–Crippen MR) is 95.2 cm³/mol. The molecule has 0 amide bonds. The predicted octanol–water partition coefficient (Wildman–Crippen LogP) is 5.34. The highest BCUT2D eigenvalue weighted by atomic mass is 35.5. The quantitative estimate of drug-likeness (QED) is 0.403. The molecule has 0 aliphatic carbocycles. The van der Waals surface area contributed by atoms with Crippen LogP contribution in [0.3, 0.4) is 0 Å². The van der Waals surface area contributed by atoms with E-state index in [0.717, 1.165) is 22.0 Å². The molecule has 0 bridgehead atoms. The summed E-state index contributed by atoms with van der Waals surface area (Å²) in [4.78, 5) is 4.68. The van der Waals surface area contributed by atoms with Crippen molar-refractivity contribution in [3.8, 4) is 11.5 Å². The molecule has 0 unspecified atom stereocenters. The zero-order chi connectivity index (χ0) is 15.3. The molecule has 2 aromatic rings. The van der Waals surface area contributed by atoms with Crippen LogP contribution in [0.4, 0.5) is 5.69 Å². The van der Waals surface area contributed by atoms with Crippen molar-refractivity contribution in [3.05, 3.63) is 65.2 Å². The maximum Gasteiger partial charge on any atom is 0.129 e. The third kappa shape index (κ3) is 5.22. The van der Waals surface area contributed by atoms with Gasteiger partial charge in [0.15, 0.2) is 0 Å². The van der Waals surface area contributed by atoms with Gasteiger partial charge in [-0.05, 0) is 24.3 Å². The van der Waals surface area contributed by atoms with Gasteiger partial charge in [0.25, 0.3) is 0 Å². The lowest BCUT2D eigenvalue weighted by Gasteiger charge is -2.05. The fourth-order valence-corrected chi connectivity index (χ4v) is 2.27. The van der Waals surface area contributed by atoms with Gasteiger partial charge in [-0.15, -0.1) is 5.54 Å². The minimum Gasteiger partial charge on any atom is -0.239 e. The molecule has 0 fully saturated rings. The highest BCUT2D eigenvalue weighted by Gasteiger charge is 2.09. The first-order chi connectivity index (χ1) is 9.94. The summed E-state index contributed by atoms with van der Waals surface area (Å²) in [5.74, 6) is 3.26. The molecule has 2 aromatic carbocycles. The minimum atomic E-state index is -1.45. The first-order valence-electron chi connectivity index (χ1n) is 6.87. The van der Waals surface area contributed by atoms with Gasteiger partial charge in [-0.25, -0.2) is 4.99 Å². The summed E-state index contributed by atoms with van der Waals surface area (Å²) in [6.45, 7) is 6.67.